The summed E-state index contributed by atoms with van der Waals surface area (Å²) in [6, 6.07) is 2.01. The molecule has 35 heavy (non-hydrogen) atoms. The van der Waals surface area contributed by atoms with Crippen LogP contribution in [0.15, 0.2) is 35.2 Å². The molecule has 1 fully saturated rings. The van der Waals surface area contributed by atoms with Gasteiger partial charge in [-0.1, -0.05) is 0 Å². The number of hydrogen-bond acceptors (Lipinski definition) is 7. The Kier molecular flexibility index (Phi) is 6.02. The normalized spacial score (nSPS) is 13.6. The van der Waals surface area contributed by atoms with Gasteiger partial charge in [-0.3, -0.25) is 19.3 Å². The van der Waals surface area contributed by atoms with Gasteiger partial charge in [0.25, 0.3) is 5.91 Å². The lowest BCUT2D eigenvalue weighted by atomic mass is 10.2. The predicted molar refractivity (Wildman–Crippen MR) is 113 cm³/mol. The predicted octanol–water partition coefficient (Wildman–Crippen LogP) is 2.30. The first-order valence-electron chi connectivity index (χ1n) is 9.91. The average molecular weight is 494 g/mol. The number of carbonyl (C=O) groups is 3. The summed E-state index contributed by atoms with van der Waals surface area (Å²) < 4.78 is 45.0. The Hall–Kier alpha value is -4.63. The Balaban J connectivity index is 1.54. The molecule has 0 atom stereocenters. The van der Waals surface area contributed by atoms with E-state index in [1.807, 2.05) is 0 Å². The van der Waals surface area contributed by atoms with Crippen LogP contribution < -0.4 is 20.4 Å². The van der Waals surface area contributed by atoms with Crippen molar-refractivity contribution >= 4 is 35.4 Å². The molecule has 0 spiro atoms. The molecule has 3 N–H and O–H groups in total. The zero-order valence-electron chi connectivity index (χ0n) is 17.9. The highest BCUT2D eigenvalue weighted by Gasteiger charge is 2.35. The molecule has 184 valence electrons. The summed E-state index contributed by atoms with van der Waals surface area (Å²) in [6.45, 7) is -0.981. The quantitative estimate of drug-likeness (QED) is 0.471. The van der Waals surface area contributed by atoms with Gasteiger partial charge >= 0.3 is 18.3 Å². The van der Waals surface area contributed by atoms with Crippen LogP contribution in [0.25, 0.3) is 11.5 Å². The fourth-order valence-corrected chi connectivity index (χ4v) is 3.26. The van der Waals surface area contributed by atoms with Crippen LogP contribution in [0.2, 0.25) is 0 Å². The van der Waals surface area contributed by atoms with E-state index in [9.17, 15) is 27.6 Å². The molecule has 16 heteroatoms. The fourth-order valence-electron chi connectivity index (χ4n) is 3.26. The van der Waals surface area contributed by atoms with Gasteiger partial charge in [-0.05, 0) is 12.1 Å². The van der Waals surface area contributed by atoms with Crippen molar-refractivity contribution in [2.75, 3.05) is 34.8 Å². The number of nitrogens with one attached hydrogen (secondary N) is 2. The lowest BCUT2D eigenvalue weighted by molar-refractivity contribution is -0.119. The summed E-state index contributed by atoms with van der Waals surface area (Å²) in [5.41, 5.74) is 0.164. The van der Waals surface area contributed by atoms with Gasteiger partial charge in [0.2, 0.25) is 5.89 Å². The maximum Gasteiger partial charge on any atom is 0.413 e. The number of carboxylic acid groups (broad SMARTS) is 1. The molecule has 4 rings (SSSR count). The van der Waals surface area contributed by atoms with Crippen LogP contribution in [0.3, 0.4) is 0 Å². The van der Waals surface area contributed by atoms with Crippen LogP contribution in [0.5, 0.6) is 0 Å². The van der Waals surface area contributed by atoms with Gasteiger partial charge in [-0.15, -0.1) is 0 Å². The van der Waals surface area contributed by atoms with Crippen molar-refractivity contribution in [2.24, 2.45) is 7.05 Å². The number of carbonyl (C=O) groups excluding carboxylic acids is 2. The number of oxazole rings is 1. The molecule has 3 aromatic rings. The summed E-state index contributed by atoms with van der Waals surface area (Å²) in [5.74, 6) is -1.12. The lowest BCUT2D eigenvalue weighted by Gasteiger charge is -2.19. The molecule has 0 aliphatic carbocycles. The number of nitrogens with zero attached hydrogens (tertiary/aromatic N) is 6. The maximum absolute atomic E-state index is 12.8. The molecule has 0 radical (unpaired) electrons. The SMILES string of the molecule is Cn1cc(NC(=O)c2coc(-c3ccnc(N(CC(F)(F)F)C(=O)O)c3)n2)c(N2CCNC2=O)n1. The number of hydrogen-bond donors (Lipinski definition) is 3. The molecular formula is C19H17F3N8O5. The lowest BCUT2D eigenvalue weighted by Crippen LogP contribution is -2.38. The number of aryl methyl sites for hydroxylation is 1. The summed E-state index contributed by atoms with van der Waals surface area (Å²) in [7, 11) is 1.61. The van der Waals surface area contributed by atoms with E-state index in [2.05, 4.69) is 25.7 Å². The van der Waals surface area contributed by atoms with E-state index in [0.29, 0.717) is 13.1 Å². The number of rotatable bonds is 6. The number of pyridine rings is 1. The van der Waals surface area contributed by atoms with Crippen molar-refractivity contribution in [3.8, 4) is 11.5 Å². The second-order valence-electron chi connectivity index (χ2n) is 7.30. The van der Waals surface area contributed by atoms with Crippen LogP contribution in [0.1, 0.15) is 10.5 Å². The molecule has 4 amide bonds. The van der Waals surface area contributed by atoms with Gasteiger partial charge in [0.1, 0.15) is 24.3 Å². The Morgan fingerprint density at radius 2 is 2.14 bits per heavy atom. The molecule has 13 nitrogen and oxygen atoms in total. The first-order valence-corrected chi connectivity index (χ1v) is 9.91. The first kappa shape index (κ1) is 23.5. The van der Waals surface area contributed by atoms with Crippen molar-refractivity contribution in [2.45, 2.75) is 6.18 Å². The third-order valence-corrected chi connectivity index (χ3v) is 4.74. The van der Waals surface area contributed by atoms with E-state index in [0.717, 1.165) is 18.5 Å². The van der Waals surface area contributed by atoms with Gasteiger partial charge in [-0.25, -0.2) is 19.6 Å². The van der Waals surface area contributed by atoms with Crippen molar-refractivity contribution in [3.05, 3.63) is 36.5 Å². The minimum absolute atomic E-state index is 0.0263. The largest absolute Gasteiger partial charge is 0.465 e. The highest BCUT2D eigenvalue weighted by Crippen LogP contribution is 2.28. The summed E-state index contributed by atoms with van der Waals surface area (Å²) in [6.07, 6.45) is -3.03. The zero-order valence-corrected chi connectivity index (χ0v) is 17.9. The van der Waals surface area contributed by atoms with Crippen LogP contribution >= 0.6 is 0 Å². The second kappa shape index (κ2) is 8.96. The maximum atomic E-state index is 12.8. The third-order valence-electron chi connectivity index (χ3n) is 4.74. The number of urea groups is 1. The van der Waals surface area contributed by atoms with Crippen molar-refractivity contribution in [1.82, 2.24) is 25.1 Å². The van der Waals surface area contributed by atoms with Crippen molar-refractivity contribution in [1.29, 1.82) is 0 Å². The topological polar surface area (TPSA) is 159 Å². The number of anilines is 3. The molecule has 1 aliphatic heterocycles. The molecule has 0 saturated carbocycles. The Morgan fingerprint density at radius 3 is 2.80 bits per heavy atom. The standard InChI is InChI=1S/C19H17F3N8O5/c1-28-7-11(14(27-28)29-5-4-24-17(29)32)25-15(31)12-8-35-16(26-12)10-2-3-23-13(6-10)30(18(33)34)9-19(20,21)22/h2-3,6-8H,4-5,9H2,1H3,(H,24,32)(H,25,31)(H,33,34). The minimum Gasteiger partial charge on any atom is -0.465 e. The average Bonchev–Trinajstić information content (AvgIpc) is 3.51. The molecule has 4 heterocycles. The number of halogens is 3. The molecule has 0 unspecified atom stereocenters. The molecule has 1 saturated heterocycles. The Labute approximate surface area is 194 Å². The Bertz CT molecular complexity index is 1290. The second-order valence-corrected chi connectivity index (χ2v) is 7.30. The molecule has 3 aromatic heterocycles. The number of aromatic nitrogens is 4. The van der Waals surface area contributed by atoms with Crippen LogP contribution in [0.4, 0.5) is 40.1 Å². The van der Waals surface area contributed by atoms with Gasteiger partial charge in [-0.2, -0.15) is 18.3 Å². The van der Waals surface area contributed by atoms with Crippen LogP contribution in [0, 0.1) is 0 Å². The Morgan fingerprint density at radius 1 is 1.37 bits per heavy atom. The van der Waals surface area contributed by atoms with E-state index >= 15 is 0 Å². The minimum atomic E-state index is -4.79. The van der Waals surface area contributed by atoms with Crippen LogP contribution in [-0.4, -0.2) is 68.7 Å². The number of amides is 4. The molecule has 1 aliphatic rings. The van der Waals surface area contributed by atoms with E-state index < -0.39 is 30.5 Å². The number of alkyl halides is 3. The fraction of sp³-hybridized carbons (Fsp3) is 0.263. The molecule has 0 aromatic carbocycles. The van der Waals surface area contributed by atoms with Gasteiger partial charge in [0, 0.05) is 31.9 Å². The molecular weight excluding hydrogens is 477 g/mol. The van der Waals surface area contributed by atoms with E-state index in [1.54, 1.807) is 7.05 Å². The molecule has 0 bridgehead atoms. The first-order chi connectivity index (χ1) is 16.5. The monoisotopic (exact) mass is 494 g/mol. The van der Waals surface area contributed by atoms with Gasteiger partial charge in [0.15, 0.2) is 11.5 Å². The smallest absolute Gasteiger partial charge is 0.413 e. The van der Waals surface area contributed by atoms with Gasteiger partial charge in [0.05, 0.1) is 6.20 Å². The highest BCUT2D eigenvalue weighted by atomic mass is 19.4. The van der Waals surface area contributed by atoms with E-state index in [-0.39, 0.29) is 39.6 Å². The van der Waals surface area contributed by atoms with E-state index in [4.69, 9.17) is 9.52 Å². The summed E-state index contributed by atoms with van der Waals surface area (Å²) >= 11 is 0. The van der Waals surface area contributed by atoms with Gasteiger partial charge < -0.3 is 20.2 Å². The van der Waals surface area contributed by atoms with E-state index in [1.165, 1.54) is 21.8 Å². The van der Waals surface area contributed by atoms with Crippen LogP contribution in [-0.2, 0) is 7.05 Å². The summed E-state index contributed by atoms with van der Waals surface area (Å²) in [4.78, 5) is 45.1. The van der Waals surface area contributed by atoms with Crippen molar-refractivity contribution in [3.63, 3.8) is 0 Å². The zero-order chi connectivity index (χ0) is 25.3. The highest BCUT2D eigenvalue weighted by molar-refractivity contribution is 6.06. The summed E-state index contributed by atoms with van der Waals surface area (Å²) in [5, 5.41) is 18.6. The third kappa shape index (κ3) is 5.15. The van der Waals surface area contributed by atoms with Crippen molar-refractivity contribution < 1.29 is 37.1 Å².